The van der Waals surface area contributed by atoms with Gasteiger partial charge in [0.15, 0.2) is 0 Å². The molecule has 0 atom stereocenters. The van der Waals surface area contributed by atoms with Gasteiger partial charge in [0, 0.05) is 11.4 Å². The highest BCUT2D eigenvalue weighted by Crippen LogP contribution is 2.23. The molecule has 2 aromatic rings. The number of nitrogen functional groups attached to an aromatic ring is 1. The standard InChI is InChI=1S/C13H14N2O2/c1-8-5-11(14)6-9(2)12(8)15-13(16)10-3-4-17-7-10/h3-7H,14H2,1-2H3,(H,15,16). The minimum atomic E-state index is -0.185. The summed E-state index contributed by atoms with van der Waals surface area (Å²) < 4.78 is 4.87. The molecular formula is C13H14N2O2. The van der Waals surface area contributed by atoms with Crippen molar-refractivity contribution >= 4 is 17.3 Å². The number of anilines is 2. The summed E-state index contributed by atoms with van der Waals surface area (Å²) in [6.45, 7) is 3.82. The third kappa shape index (κ3) is 2.30. The summed E-state index contributed by atoms with van der Waals surface area (Å²) in [5.74, 6) is -0.185. The van der Waals surface area contributed by atoms with Crippen LogP contribution in [0.3, 0.4) is 0 Å². The van der Waals surface area contributed by atoms with Crippen LogP contribution < -0.4 is 11.1 Å². The number of hydrogen-bond donors (Lipinski definition) is 2. The highest BCUT2D eigenvalue weighted by molar-refractivity contribution is 6.04. The second-order valence-corrected chi connectivity index (χ2v) is 4.00. The van der Waals surface area contributed by atoms with Crippen LogP contribution in [0.4, 0.5) is 11.4 Å². The predicted molar refractivity (Wildman–Crippen MR) is 67.0 cm³/mol. The van der Waals surface area contributed by atoms with Gasteiger partial charge in [-0.05, 0) is 43.2 Å². The summed E-state index contributed by atoms with van der Waals surface area (Å²) in [7, 11) is 0. The second-order valence-electron chi connectivity index (χ2n) is 4.00. The maximum Gasteiger partial charge on any atom is 0.258 e. The molecule has 2 rings (SSSR count). The number of rotatable bonds is 2. The number of amides is 1. The molecule has 4 heteroatoms. The van der Waals surface area contributed by atoms with Crippen LogP contribution in [0.25, 0.3) is 0 Å². The van der Waals surface area contributed by atoms with Crippen LogP contribution in [-0.4, -0.2) is 5.91 Å². The number of aryl methyl sites for hydroxylation is 2. The zero-order chi connectivity index (χ0) is 12.4. The summed E-state index contributed by atoms with van der Waals surface area (Å²) in [5.41, 5.74) is 9.61. The average molecular weight is 230 g/mol. The summed E-state index contributed by atoms with van der Waals surface area (Å²) in [6.07, 6.45) is 2.88. The molecule has 4 nitrogen and oxygen atoms in total. The molecule has 0 saturated carbocycles. The van der Waals surface area contributed by atoms with Crippen molar-refractivity contribution in [2.45, 2.75) is 13.8 Å². The highest BCUT2D eigenvalue weighted by Gasteiger charge is 2.11. The van der Waals surface area contributed by atoms with Gasteiger partial charge in [0.25, 0.3) is 5.91 Å². The van der Waals surface area contributed by atoms with Gasteiger partial charge in [-0.3, -0.25) is 4.79 Å². The molecule has 0 aliphatic heterocycles. The number of hydrogen-bond acceptors (Lipinski definition) is 3. The SMILES string of the molecule is Cc1cc(N)cc(C)c1NC(=O)c1ccoc1. The van der Waals surface area contributed by atoms with Crippen molar-refractivity contribution in [2.24, 2.45) is 0 Å². The largest absolute Gasteiger partial charge is 0.472 e. The molecule has 0 saturated heterocycles. The minimum absolute atomic E-state index is 0.185. The third-order valence-corrected chi connectivity index (χ3v) is 2.58. The Bertz CT molecular complexity index is 522. The zero-order valence-electron chi connectivity index (χ0n) is 9.78. The summed E-state index contributed by atoms with van der Waals surface area (Å²) in [5, 5.41) is 2.85. The summed E-state index contributed by atoms with van der Waals surface area (Å²) in [6, 6.07) is 5.28. The predicted octanol–water partition coefficient (Wildman–Crippen LogP) is 2.73. The van der Waals surface area contributed by atoms with Crippen LogP contribution in [0.1, 0.15) is 21.5 Å². The molecule has 0 aliphatic carbocycles. The Kier molecular flexibility index (Phi) is 2.87. The molecule has 0 aliphatic rings. The van der Waals surface area contributed by atoms with E-state index in [1.54, 1.807) is 6.07 Å². The molecule has 17 heavy (non-hydrogen) atoms. The smallest absolute Gasteiger partial charge is 0.258 e. The lowest BCUT2D eigenvalue weighted by Gasteiger charge is -2.11. The number of benzene rings is 1. The molecule has 0 bridgehead atoms. The highest BCUT2D eigenvalue weighted by atomic mass is 16.3. The first kappa shape index (κ1) is 11.3. The van der Waals surface area contributed by atoms with Gasteiger partial charge < -0.3 is 15.5 Å². The van der Waals surface area contributed by atoms with Gasteiger partial charge in [0.05, 0.1) is 11.8 Å². The van der Waals surface area contributed by atoms with Gasteiger partial charge >= 0.3 is 0 Å². The van der Waals surface area contributed by atoms with Gasteiger partial charge in [0.1, 0.15) is 6.26 Å². The van der Waals surface area contributed by atoms with Crippen molar-refractivity contribution < 1.29 is 9.21 Å². The quantitative estimate of drug-likeness (QED) is 0.779. The van der Waals surface area contributed by atoms with E-state index in [9.17, 15) is 4.79 Å². The number of carbonyl (C=O) groups is 1. The lowest BCUT2D eigenvalue weighted by Crippen LogP contribution is -2.13. The van der Waals surface area contributed by atoms with Crippen molar-refractivity contribution in [2.75, 3.05) is 11.1 Å². The fourth-order valence-corrected chi connectivity index (χ4v) is 1.77. The van der Waals surface area contributed by atoms with Gasteiger partial charge in [-0.1, -0.05) is 0 Å². The minimum Gasteiger partial charge on any atom is -0.472 e. The monoisotopic (exact) mass is 230 g/mol. The molecule has 1 amide bonds. The molecule has 88 valence electrons. The van der Waals surface area contributed by atoms with Crippen LogP contribution in [0.15, 0.2) is 35.1 Å². The third-order valence-electron chi connectivity index (χ3n) is 2.58. The second kappa shape index (κ2) is 4.33. The van der Waals surface area contributed by atoms with E-state index in [0.717, 1.165) is 16.8 Å². The van der Waals surface area contributed by atoms with E-state index in [2.05, 4.69) is 5.32 Å². The van der Waals surface area contributed by atoms with Gasteiger partial charge in [0.2, 0.25) is 0 Å². The van der Waals surface area contributed by atoms with E-state index < -0.39 is 0 Å². The number of carbonyl (C=O) groups excluding carboxylic acids is 1. The van der Waals surface area contributed by atoms with Crippen LogP contribution >= 0.6 is 0 Å². The maximum absolute atomic E-state index is 11.9. The van der Waals surface area contributed by atoms with E-state index in [0.29, 0.717) is 11.3 Å². The molecule has 1 aromatic carbocycles. The Morgan fingerprint density at radius 3 is 2.47 bits per heavy atom. The number of furan rings is 1. The molecule has 1 aromatic heterocycles. The van der Waals surface area contributed by atoms with E-state index in [4.69, 9.17) is 10.2 Å². The van der Waals surface area contributed by atoms with Crippen LogP contribution in [0.2, 0.25) is 0 Å². The van der Waals surface area contributed by atoms with Crippen LogP contribution in [-0.2, 0) is 0 Å². The normalized spacial score (nSPS) is 10.2. The Morgan fingerprint density at radius 1 is 1.29 bits per heavy atom. The van der Waals surface area contributed by atoms with Gasteiger partial charge in [-0.25, -0.2) is 0 Å². The first-order valence-electron chi connectivity index (χ1n) is 5.28. The molecule has 0 unspecified atom stereocenters. The van der Waals surface area contributed by atoms with Crippen LogP contribution in [0.5, 0.6) is 0 Å². The Labute approximate surface area is 99.4 Å². The fourth-order valence-electron chi connectivity index (χ4n) is 1.77. The lowest BCUT2D eigenvalue weighted by molar-refractivity contribution is 0.102. The van der Waals surface area contributed by atoms with Gasteiger partial charge in [-0.15, -0.1) is 0 Å². The summed E-state index contributed by atoms with van der Waals surface area (Å²) >= 11 is 0. The van der Waals surface area contributed by atoms with Crippen molar-refractivity contribution in [3.8, 4) is 0 Å². The maximum atomic E-state index is 11.9. The Balaban J connectivity index is 2.28. The van der Waals surface area contributed by atoms with Crippen molar-refractivity contribution in [1.82, 2.24) is 0 Å². The molecule has 0 radical (unpaired) electrons. The molecule has 0 spiro atoms. The number of nitrogens with one attached hydrogen (secondary N) is 1. The van der Waals surface area contributed by atoms with E-state index in [1.165, 1.54) is 12.5 Å². The van der Waals surface area contributed by atoms with E-state index >= 15 is 0 Å². The van der Waals surface area contributed by atoms with Crippen molar-refractivity contribution in [1.29, 1.82) is 0 Å². The van der Waals surface area contributed by atoms with E-state index in [1.807, 2.05) is 26.0 Å². The fraction of sp³-hybridized carbons (Fsp3) is 0.154. The molecule has 1 heterocycles. The van der Waals surface area contributed by atoms with Crippen molar-refractivity contribution in [3.05, 3.63) is 47.4 Å². The van der Waals surface area contributed by atoms with Crippen molar-refractivity contribution in [3.63, 3.8) is 0 Å². The Hall–Kier alpha value is -2.23. The zero-order valence-corrected chi connectivity index (χ0v) is 9.78. The van der Waals surface area contributed by atoms with E-state index in [-0.39, 0.29) is 5.91 Å². The number of nitrogens with two attached hydrogens (primary N) is 1. The summed E-state index contributed by atoms with van der Waals surface area (Å²) in [4.78, 5) is 11.9. The molecule has 0 fully saturated rings. The van der Waals surface area contributed by atoms with Gasteiger partial charge in [-0.2, -0.15) is 0 Å². The van der Waals surface area contributed by atoms with Crippen LogP contribution in [0, 0.1) is 13.8 Å². The molecular weight excluding hydrogens is 216 g/mol. The Morgan fingerprint density at radius 2 is 1.94 bits per heavy atom. The topological polar surface area (TPSA) is 68.3 Å². The average Bonchev–Trinajstić information content (AvgIpc) is 2.76. The lowest BCUT2D eigenvalue weighted by atomic mass is 10.1. The first-order valence-corrected chi connectivity index (χ1v) is 5.28. The first-order chi connectivity index (χ1) is 8.08. The molecule has 3 N–H and O–H groups in total.